The van der Waals surface area contributed by atoms with E-state index < -0.39 is 0 Å². The lowest BCUT2D eigenvalue weighted by Gasteiger charge is -2.18. The van der Waals surface area contributed by atoms with Gasteiger partial charge in [0.25, 0.3) is 0 Å². The third-order valence-electron chi connectivity index (χ3n) is 2.88. The van der Waals surface area contributed by atoms with Crippen LogP contribution in [0.15, 0.2) is 15.9 Å². The fourth-order valence-corrected chi connectivity index (χ4v) is 3.03. The number of likely N-dealkylation sites (N-methyl/N-ethyl adjacent to an activating group) is 1. The van der Waals surface area contributed by atoms with Crippen molar-refractivity contribution < 1.29 is 4.79 Å². The molecule has 0 aromatic carbocycles. The van der Waals surface area contributed by atoms with E-state index in [1.165, 1.54) is 24.2 Å². The summed E-state index contributed by atoms with van der Waals surface area (Å²) < 4.78 is 1.03. The molecule has 0 amide bonds. The number of hydrogen-bond acceptors (Lipinski definition) is 3. The average Bonchev–Trinajstić information content (AvgIpc) is 2.97. The zero-order valence-corrected chi connectivity index (χ0v) is 11.8. The van der Waals surface area contributed by atoms with Gasteiger partial charge < -0.3 is 0 Å². The van der Waals surface area contributed by atoms with Gasteiger partial charge in [0.1, 0.15) is 0 Å². The number of nitrogens with zero attached hydrogens (tertiary/aromatic N) is 1. The maximum Gasteiger partial charge on any atom is 0.186 e. The van der Waals surface area contributed by atoms with Gasteiger partial charge in [-0.2, -0.15) is 0 Å². The van der Waals surface area contributed by atoms with Crippen LogP contribution in [-0.4, -0.2) is 30.3 Å². The van der Waals surface area contributed by atoms with Crippen molar-refractivity contribution in [3.8, 4) is 0 Å². The normalized spacial score (nSPS) is 15.7. The molecule has 16 heavy (non-hydrogen) atoms. The van der Waals surface area contributed by atoms with Crippen LogP contribution in [0.4, 0.5) is 0 Å². The summed E-state index contributed by atoms with van der Waals surface area (Å²) >= 11 is 4.91. The molecule has 1 aliphatic rings. The number of ketones is 1. The quantitative estimate of drug-likeness (QED) is 0.750. The first kappa shape index (κ1) is 12.3. The number of rotatable bonds is 6. The molecule has 4 heteroatoms. The number of thiophene rings is 1. The van der Waals surface area contributed by atoms with Crippen LogP contribution in [0.5, 0.6) is 0 Å². The molecule has 0 radical (unpaired) electrons. The minimum Gasteiger partial charge on any atom is -0.296 e. The number of carbonyl (C=O) groups is 1. The van der Waals surface area contributed by atoms with Crippen LogP contribution in [0.25, 0.3) is 0 Å². The van der Waals surface area contributed by atoms with Crippen molar-refractivity contribution in [2.45, 2.75) is 19.8 Å². The van der Waals surface area contributed by atoms with Gasteiger partial charge in [-0.1, -0.05) is 6.92 Å². The molecule has 0 N–H and O–H groups in total. The first-order valence-electron chi connectivity index (χ1n) is 5.70. The summed E-state index contributed by atoms with van der Waals surface area (Å²) in [5.41, 5.74) is 0. The first-order chi connectivity index (χ1) is 7.69. The van der Waals surface area contributed by atoms with E-state index in [0.29, 0.717) is 6.54 Å². The molecule has 0 spiro atoms. The molecular formula is C12H16BrNOS. The van der Waals surface area contributed by atoms with Crippen molar-refractivity contribution in [3.05, 3.63) is 20.8 Å². The zero-order chi connectivity index (χ0) is 11.5. The molecular weight excluding hydrogens is 286 g/mol. The van der Waals surface area contributed by atoms with Gasteiger partial charge in [0, 0.05) is 6.54 Å². The van der Waals surface area contributed by atoms with E-state index in [1.54, 1.807) is 0 Å². The Morgan fingerprint density at radius 2 is 2.31 bits per heavy atom. The van der Waals surface area contributed by atoms with Gasteiger partial charge in [-0.15, -0.1) is 11.3 Å². The van der Waals surface area contributed by atoms with E-state index in [0.717, 1.165) is 27.7 Å². The number of halogens is 1. The van der Waals surface area contributed by atoms with Crippen LogP contribution in [0.2, 0.25) is 0 Å². The van der Waals surface area contributed by atoms with Crippen molar-refractivity contribution in [3.63, 3.8) is 0 Å². The lowest BCUT2D eigenvalue weighted by Crippen LogP contribution is -2.31. The second kappa shape index (κ2) is 5.43. The van der Waals surface area contributed by atoms with Gasteiger partial charge >= 0.3 is 0 Å². The van der Waals surface area contributed by atoms with Crippen molar-refractivity contribution in [1.82, 2.24) is 4.90 Å². The van der Waals surface area contributed by atoms with E-state index in [4.69, 9.17) is 0 Å². The van der Waals surface area contributed by atoms with E-state index in [2.05, 4.69) is 27.8 Å². The molecule has 2 nitrogen and oxygen atoms in total. The Bertz CT molecular complexity index is 373. The van der Waals surface area contributed by atoms with Gasteiger partial charge in [0.05, 0.1) is 15.2 Å². The summed E-state index contributed by atoms with van der Waals surface area (Å²) in [4.78, 5) is 15.1. The molecule has 1 aliphatic carbocycles. The lowest BCUT2D eigenvalue weighted by atomic mass is 10.2. The SMILES string of the molecule is CCN(CC(=O)c1ccc(Br)s1)CC1CC1. The lowest BCUT2D eigenvalue weighted by molar-refractivity contribution is 0.0935. The molecule has 1 saturated carbocycles. The number of hydrogen-bond donors (Lipinski definition) is 0. The third-order valence-corrected chi connectivity index (χ3v) is 4.54. The molecule has 0 aliphatic heterocycles. The van der Waals surface area contributed by atoms with Crippen molar-refractivity contribution in [2.75, 3.05) is 19.6 Å². The van der Waals surface area contributed by atoms with Gasteiger partial charge in [0.2, 0.25) is 0 Å². The summed E-state index contributed by atoms with van der Waals surface area (Å²) in [6, 6.07) is 3.84. The standard InChI is InChI=1S/C12H16BrNOS/c1-2-14(7-9-3-4-9)8-10(15)11-5-6-12(13)16-11/h5-6,9H,2-4,7-8H2,1H3. The average molecular weight is 302 g/mol. The summed E-state index contributed by atoms with van der Waals surface area (Å²) in [6.45, 7) is 4.75. The molecule has 0 bridgehead atoms. The summed E-state index contributed by atoms with van der Waals surface area (Å²) in [6.07, 6.45) is 2.69. The molecule has 1 aromatic heterocycles. The van der Waals surface area contributed by atoms with Crippen LogP contribution in [0.3, 0.4) is 0 Å². The molecule has 0 saturated heterocycles. The minimum absolute atomic E-state index is 0.248. The third kappa shape index (κ3) is 3.40. The highest BCUT2D eigenvalue weighted by Gasteiger charge is 2.24. The summed E-state index contributed by atoms with van der Waals surface area (Å²) in [5, 5.41) is 0. The van der Waals surface area contributed by atoms with Gasteiger partial charge in [0.15, 0.2) is 5.78 Å². The van der Waals surface area contributed by atoms with Crippen LogP contribution in [-0.2, 0) is 0 Å². The van der Waals surface area contributed by atoms with Gasteiger partial charge in [-0.25, -0.2) is 0 Å². The number of Topliss-reactive ketones (excluding diaryl/α,β-unsaturated/α-hetero) is 1. The molecule has 1 fully saturated rings. The molecule has 1 aromatic rings. The van der Waals surface area contributed by atoms with Gasteiger partial charge in [-0.05, 0) is 53.4 Å². The summed E-state index contributed by atoms with van der Waals surface area (Å²) in [5.74, 6) is 1.10. The molecule has 1 heterocycles. The Morgan fingerprint density at radius 1 is 1.56 bits per heavy atom. The van der Waals surface area contributed by atoms with Crippen LogP contribution in [0.1, 0.15) is 29.4 Å². The largest absolute Gasteiger partial charge is 0.296 e. The Labute approximate surface area is 109 Å². The highest BCUT2D eigenvalue weighted by Crippen LogP contribution is 2.30. The number of carbonyl (C=O) groups excluding carboxylic acids is 1. The Hall–Kier alpha value is -0.190. The van der Waals surface area contributed by atoms with E-state index in [9.17, 15) is 4.79 Å². The Balaban J connectivity index is 1.89. The predicted octanol–water partition coefficient (Wildman–Crippen LogP) is 3.43. The highest BCUT2D eigenvalue weighted by atomic mass is 79.9. The summed E-state index contributed by atoms with van der Waals surface area (Å²) in [7, 11) is 0. The highest BCUT2D eigenvalue weighted by molar-refractivity contribution is 9.11. The topological polar surface area (TPSA) is 20.3 Å². The molecule has 88 valence electrons. The van der Waals surface area contributed by atoms with E-state index in [1.807, 2.05) is 12.1 Å². The van der Waals surface area contributed by atoms with Crippen molar-refractivity contribution in [1.29, 1.82) is 0 Å². The molecule has 2 rings (SSSR count). The molecule has 0 unspecified atom stereocenters. The fourth-order valence-electron chi connectivity index (χ4n) is 1.72. The van der Waals surface area contributed by atoms with E-state index in [-0.39, 0.29) is 5.78 Å². The fraction of sp³-hybridized carbons (Fsp3) is 0.583. The maximum absolute atomic E-state index is 12.0. The monoisotopic (exact) mass is 301 g/mol. The zero-order valence-electron chi connectivity index (χ0n) is 9.41. The van der Waals surface area contributed by atoms with Crippen LogP contribution >= 0.6 is 27.3 Å². The first-order valence-corrected chi connectivity index (χ1v) is 7.31. The second-order valence-corrected chi connectivity index (χ2v) is 6.76. The maximum atomic E-state index is 12.0. The van der Waals surface area contributed by atoms with Crippen LogP contribution < -0.4 is 0 Å². The Kier molecular flexibility index (Phi) is 4.16. The van der Waals surface area contributed by atoms with E-state index >= 15 is 0 Å². The second-order valence-electron chi connectivity index (χ2n) is 4.30. The van der Waals surface area contributed by atoms with Crippen molar-refractivity contribution in [2.24, 2.45) is 5.92 Å². The Morgan fingerprint density at radius 3 is 2.81 bits per heavy atom. The van der Waals surface area contributed by atoms with Gasteiger partial charge in [-0.3, -0.25) is 9.69 Å². The minimum atomic E-state index is 0.248. The van der Waals surface area contributed by atoms with Crippen LogP contribution in [0, 0.1) is 5.92 Å². The smallest absolute Gasteiger partial charge is 0.186 e. The van der Waals surface area contributed by atoms with Crippen molar-refractivity contribution >= 4 is 33.0 Å². The molecule has 0 atom stereocenters. The predicted molar refractivity (Wildman–Crippen MR) is 71.2 cm³/mol.